The first kappa shape index (κ1) is 24.1. The second-order valence-corrected chi connectivity index (χ2v) is 6.75. The van der Waals surface area contributed by atoms with E-state index in [-0.39, 0.29) is 48.0 Å². The SMILES string of the molecule is CCOC(=O)Cc1ccccc1O/C(=C/C(=C(\C)O)c1ccc(F)c(CN)c1F)CC. The number of carbonyl (C=O) groups is 1. The second-order valence-electron chi connectivity index (χ2n) is 6.75. The standard InChI is InChI=1S/C24H27F2NO4/c1-4-17(31-22-9-7-6-8-16(22)12-23(29)30-5-2)13-19(15(3)28)18-10-11-21(25)20(14-27)24(18)26/h6-11,13,28H,4-5,12,14,27H2,1-3H3/b17-13+,19-15-. The zero-order valence-corrected chi connectivity index (χ0v) is 17.9. The molecule has 0 unspecified atom stereocenters. The van der Waals surface area contributed by atoms with E-state index in [0.717, 1.165) is 6.07 Å². The lowest BCUT2D eigenvalue weighted by Gasteiger charge is -2.15. The van der Waals surface area contributed by atoms with E-state index in [9.17, 15) is 18.7 Å². The average Bonchev–Trinajstić information content (AvgIpc) is 2.73. The van der Waals surface area contributed by atoms with Gasteiger partial charge in [-0.15, -0.1) is 0 Å². The molecule has 0 aromatic heterocycles. The maximum absolute atomic E-state index is 14.8. The van der Waals surface area contributed by atoms with Gasteiger partial charge >= 0.3 is 5.97 Å². The number of aliphatic hydroxyl groups excluding tert-OH is 1. The Morgan fingerprint density at radius 2 is 1.87 bits per heavy atom. The Kier molecular flexibility index (Phi) is 8.75. The van der Waals surface area contributed by atoms with Gasteiger partial charge in [0, 0.05) is 35.2 Å². The molecule has 0 saturated heterocycles. The van der Waals surface area contributed by atoms with Crippen LogP contribution in [0.15, 0.2) is 54.0 Å². The van der Waals surface area contributed by atoms with Crippen LogP contribution in [0.1, 0.15) is 43.9 Å². The van der Waals surface area contributed by atoms with Crippen molar-refractivity contribution in [1.29, 1.82) is 0 Å². The Morgan fingerprint density at radius 3 is 2.48 bits per heavy atom. The number of para-hydroxylation sites is 1. The van der Waals surface area contributed by atoms with E-state index in [4.69, 9.17) is 15.2 Å². The molecule has 0 saturated carbocycles. The molecule has 0 atom stereocenters. The predicted molar refractivity (Wildman–Crippen MR) is 115 cm³/mol. The molecule has 166 valence electrons. The number of halogens is 2. The molecule has 2 aromatic carbocycles. The highest BCUT2D eigenvalue weighted by Crippen LogP contribution is 2.29. The van der Waals surface area contributed by atoms with Crippen LogP contribution in [0.3, 0.4) is 0 Å². The van der Waals surface area contributed by atoms with Gasteiger partial charge in [0.25, 0.3) is 0 Å². The normalized spacial score (nSPS) is 12.4. The zero-order chi connectivity index (χ0) is 23.0. The lowest BCUT2D eigenvalue weighted by atomic mass is 9.99. The summed E-state index contributed by atoms with van der Waals surface area (Å²) in [6.07, 6.45) is 1.94. The zero-order valence-electron chi connectivity index (χ0n) is 17.9. The third-order valence-corrected chi connectivity index (χ3v) is 4.58. The van der Waals surface area contributed by atoms with Crippen molar-refractivity contribution in [2.75, 3.05) is 6.61 Å². The summed E-state index contributed by atoms with van der Waals surface area (Å²) in [5.74, 6) is -1.26. The number of ether oxygens (including phenoxy) is 2. The van der Waals surface area contributed by atoms with Crippen LogP contribution in [-0.2, 0) is 22.5 Å². The van der Waals surface area contributed by atoms with Gasteiger partial charge in [0.1, 0.15) is 23.1 Å². The fraction of sp³-hybridized carbons (Fsp3) is 0.292. The molecule has 3 N–H and O–H groups in total. The number of rotatable bonds is 9. The van der Waals surface area contributed by atoms with Crippen molar-refractivity contribution in [1.82, 2.24) is 0 Å². The van der Waals surface area contributed by atoms with Gasteiger partial charge in [-0.05, 0) is 38.1 Å². The molecule has 7 heteroatoms. The molecule has 0 aliphatic rings. The minimum atomic E-state index is -0.833. The molecular formula is C24H27F2NO4. The monoisotopic (exact) mass is 431 g/mol. The highest BCUT2D eigenvalue weighted by atomic mass is 19.1. The minimum Gasteiger partial charge on any atom is -0.512 e. The van der Waals surface area contributed by atoms with Crippen molar-refractivity contribution < 1.29 is 28.2 Å². The molecule has 5 nitrogen and oxygen atoms in total. The first-order valence-electron chi connectivity index (χ1n) is 10.0. The van der Waals surface area contributed by atoms with E-state index in [2.05, 4.69) is 0 Å². The molecule has 2 rings (SSSR count). The number of hydrogen-bond donors (Lipinski definition) is 2. The van der Waals surface area contributed by atoms with Gasteiger partial charge in [-0.25, -0.2) is 8.78 Å². The maximum atomic E-state index is 14.8. The van der Waals surface area contributed by atoms with Crippen molar-refractivity contribution in [3.05, 3.63) is 82.3 Å². The summed E-state index contributed by atoms with van der Waals surface area (Å²) >= 11 is 0. The van der Waals surface area contributed by atoms with E-state index in [1.54, 1.807) is 31.2 Å². The van der Waals surface area contributed by atoms with Gasteiger partial charge in [0.2, 0.25) is 0 Å². The second kappa shape index (κ2) is 11.3. The van der Waals surface area contributed by atoms with Crippen LogP contribution in [0.25, 0.3) is 5.57 Å². The number of hydrogen-bond acceptors (Lipinski definition) is 5. The third kappa shape index (κ3) is 6.15. The van der Waals surface area contributed by atoms with Crippen LogP contribution in [-0.4, -0.2) is 17.7 Å². The topological polar surface area (TPSA) is 81.8 Å². The number of aliphatic hydroxyl groups is 1. The molecule has 0 aliphatic heterocycles. The number of carbonyl (C=O) groups excluding carboxylic acids is 1. The van der Waals surface area contributed by atoms with Crippen LogP contribution < -0.4 is 10.5 Å². The summed E-state index contributed by atoms with van der Waals surface area (Å²) < 4.78 is 39.6. The predicted octanol–water partition coefficient (Wildman–Crippen LogP) is 5.19. The van der Waals surface area contributed by atoms with Gasteiger partial charge < -0.3 is 20.3 Å². The fourth-order valence-corrected chi connectivity index (χ4v) is 2.99. The molecule has 0 fully saturated rings. The molecule has 0 aliphatic carbocycles. The minimum absolute atomic E-state index is 0.0104. The first-order chi connectivity index (χ1) is 14.8. The largest absolute Gasteiger partial charge is 0.512 e. The molecule has 0 heterocycles. The summed E-state index contributed by atoms with van der Waals surface area (Å²) in [5.41, 5.74) is 5.99. The van der Waals surface area contributed by atoms with Gasteiger partial charge in [-0.2, -0.15) is 0 Å². The molecular weight excluding hydrogens is 404 g/mol. The van der Waals surface area contributed by atoms with Crippen molar-refractivity contribution in [2.45, 2.75) is 40.2 Å². The third-order valence-electron chi connectivity index (χ3n) is 4.58. The number of benzene rings is 2. The summed E-state index contributed by atoms with van der Waals surface area (Å²) in [4.78, 5) is 11.9. The van der Waals surface area contributed by atoms with E-state index in [1.165, 1.54) is 19.1 Å². The Labute approximate surface area is 180 Å². The van der Waals surface area contributed by atoms with Crippen LogP contribution in [0.2, 0.25) is 0 Å². The van der Waals surface area contributed by atoms with Crippen LogP contribution >= 0.6 is 0 Å². The van der Waals surface area contributed by atoms with Gasteiger partial charge in [0.05, 0.1) is 18.8 Å². The van der Waals surface area contributed by atoms with Crippen molar-refractivity contribution in [2.24, 2.45) is 5.73 Å². The van der Waals surface area contributed by atoms with E-state index >= 15 is 0 Å². The highest BCUT2D eigenvalue weighted by Gasteiger charge is 2.18. The van der Waals surface area contributed by atoms with Crippen molar-refractivity contribution >= 4 is 11.5 Å². The Bertz CT molecular complexity index is 995. The first-order valence-corrected chi connectivity index (χ1v) is 10.0. The quantitative estimate of drug-likeness (QED) is 0.324. The van der Waals surface area contributed by atoms with Gasteiger partial charge in [-0.3, -0.25) is 4.79 Å². The Hall–Kier alpha value is -3.19. The Balaban J connectivity index is 2.43. The van der Waals surface area contributed by atoms with Gasteiger partial charge in [0.15, 0.2) is 0 Å². The summed E-state index contributed by atoms with van der Waals surface area (Å²) in [7, 11) is 0. The molecule has 0 amide bonds. The van der Waals surface area contributed by atoms with Gasteiger partial charge in [-0.1, -0.05) is 25.1 Å². The Morgan fingerprint density at radius 1 is 1.16 bits per heavy atom. The summed E-state index contributed by atoms with van der Waals surface area (Å²) in [5, 5.41) is 10.2. The number of esters is 1. The summed E-state index contributed by atoms with van der Waals surface area (Å²) in [6, 6.07) is 9.36. The number of nitrogens with two attached hydrogens (primary N) is 1. The van der Waals surface area contributed by atoms with Crippen molar-refractivity contribution in [3.63, 3.8) is 0 Å². The molecule has 31 heavy (non-hydrogen) atoms. The van der Waals surface area contributed by atoms with Crippen molar-refractivity contribution in [3.8, 4) is 5.75 Å². The summed E-state index contributed by atoms with van der Waals surface area (Å²) in [6.45, 7) is 4.93. The smallest absolute Gasteiger partial charge is 0.310 e. The van der Waals surface area contributed by atoms with Crippen LogP contribution in [0.4, 0.5) is 8.78 Å². The molecule has 0 spiro atoms. The van der Waals surface area contributed by atoms with E-state index < -0.39 is 11.6 Å². The van der Waals surface area contributed by atoms with E-state index in [1.807, 2.05) is 6.92 Å². The highest BCUT2D eigenvalue weighted by molar-refractivity contribution is 5.77. The lowest BCUT2D eigenvalue weighted by molar-refractivity contribution is -0.142. The number of allylic oxidation sites excluding steroid dienone is 4. The molecule has 0 bridgehead atoms. The van der Waals surface area contributed by atoms with E-state index in [0.29, 0.717) is 23.5 Å². The van der Waals surface area contributed by atoms with Crippen LogP contribution in [0.5, 0.6) is 5.75 Å². The lowest BCUT2D eigenvalue weighted by Crippen LogP contribution is -2.09. The maximum Gasteiger partial charge on any atom is 0.310 e. The average molecular weight is 431 g/mol. The van der Waals surface area contributed by atoms with Crippen LogP contribution in [0, 0.1) is 11.6 Å². The molecule has 2 aromatic rings. The molecule has 0 radical (unpaired) electrons. The fourth-order valence-electron chi connectivity index (χ4n) is 2.99.